The molecular weight excluding hydrogens is 349 g/mol. The van der Waals surface area contributed by atoms with Gasteiger partial charge in [0.1, 0.15) is 0 Å². The number of hydrogen-bond donors (Lipinski definition) is 1. The zero-order valence-corrected chi connectivity index (χ0v) is 15.3. The zero-order valence-electron chi connectivity index (χ0n) is 13.0. The minimum atomic E-state index is 0.000690. The smallest absolute Gasteiger partial charge is 0.234 e. The number of halogens is 2. The van der Waals surface area contributed by atoms with Gasteiger partial charge in [0.25, 0.3) is 0 Å². The van der Waals surface area contributed by atoms with E-state index in [-0.39, 0.29) is 5.91 Å². The van der Waals surface area contributed by atoms with Gasteiger partial charge in [-0.3, -0.25) is 4.79 Å². The van der Waals surface area contributed by atoms with E-state index < -0.39 is 0 Å². The molecule has 1 amide bonds. The van der Waals surface area contributed by atoms with Crippen LogP contribution in [0, 0.1) is 17.8 Å². The highest BCUT2D eigenvalue weighted by Gasteiger charge is 2.51. The van der Waals surface area contributed by atoms with E-state index in [9.17, 15) is 4.79 Å². The van der Waals surface area contributed by atoms with Crippen LogP contribution in [0.25, 0.3) is 0 Å². The fourth-order valence-electron chi connectivity index (χ4n) is 5.22. The molecule has 0 radical (unpaired) electrons. The van der Waals surface area contributed by atoms with E-state index in [4.69, 9.17) is 23.2 Å². The summed E-state index contributed by atoms with van der Waals surface area (Å²) < 4.78 is 0.358. The lowest BCUT2D eigenvalue weighted by atomic mass is 9.56. The van der Waals surface area contributed by atoms with E-state index in [1.807, 2.05) is 11.8 Å². The van der Waals surface area contributed by atoms with Gasteiger partial charge in [-0.05, 0) is 68.4 Å². The summed E-state index contributed by atoms with van der Waals surface area (Å²) in [6.07, 6.45) is 8.22. The van der Waals surface area contributed by atoms with Gasteiger partial charge < -0.3 is 5.32 Å². The van der Waals surface area contributed by atoms with Crippen molar-refractivity contribution in [2.24, 2.45) is 17.8 Å². The normalized spacial score (nSPS) is 34.6. The number of carbonyl (C=O) groups excluding carboxylic acids is 1. The average Bonchev–Trinajstić information content (AvgIpc) is 2.48. The molecule has 0 atom stereocenters. The van der Waals surface area contributed by atoms with Crippen molar-refractivity contribution in [3.63, 3.8) is 0 Å². The van der Waals surface area contributed by atoms with Crippen molar-refractivity contribution in [1.29, 1.82) is 0 Å². The van der Waals surface area contributed by atoms with Crippen molar-refractivity contribution in [2.75, 3.05) is 11.1 Å². The third kappa shape index (κ3) is 3.25. The molecule has 0 spiro atoms. The Kier molecular flexibility index (Phi) is 4.32. The van der Waals surface area contributed by atoms with Crippen molar-refractivity contribution in [3.8, 4) is 0 Å². The van der Waals surface area contributed by atoms with E-state index in [0.717, 1.165) is 17.8 Å². The first-order valence-corrected chi connectivity index (χ1v) is 10.1. The van der Waals surface area contributed by atoms with Crippen molar-refractivity contribution >= 4 is 46.6 Å². The summed E-state index contributed by atoms with van der Waals surface area (Å²) in [5.74, 6) is 3.23. The lowest BCUT2D eigenvalue weighted by Gasteiger charge is -2.56. The minimum absolute atomic E-state index is 0.000690. The highest BCUT2D eigenvalue weighted by atomic mass is 35.5. The van der Waals surface area contributed by atoms with Crippen LogP contribution in [0.5, 0.6) is 0 Å². The molecule has 4 aliphatic carbocycles. The van der Waals surface area contributed by atoms with E-state index >= 15 is 0 Å². The van der Waals surface area contributed by atoms with Crippen molar-refractivity contribution in [1.82, 2.24) is 0 Å². The molecule has 0 aromatic heterocycles. The number of rotatable bonds is 4. The van der Waals surface area contributed by atoms with E-state index in [2.05, 4.69) is 5.32 Å². The maximum Gasteiger partial charge on any atom is 0.234 e. The molecule has 0 saturated heterocycles. The molecule has 2 nitrogen and oxygen atoms in total. The van der Waals surface area contributed by atoms with Gasteiger partial charge in [0, 0.05) is 4.75 Å². The van der Waals surface area contributed by atoms with E-state index in [1.165, 1.54) is 38.5 Å². The number of thioether (sulfide) groups is 1. The van der Waals surface area contributed by atoms with Crippen LogP contribution in [0.3, 0.4) is 0 Å². The highest BCUT2D eigenvalue weighted by molar-refractivity contribution is 8.01. The Balaban J connectivity index is 1.39. The van der Waals surface area contributed by atoms with E-state index in [0.29, 0.717) is 26.2 Å². The summed E-state index contributed by atoms with van der Waals surface area (Å²) in [6, 6.07) is 5.27. The summed E-state index contributed by atoms with van der Waals surface area (Å²) in [4.78, 5) is 12.4. The molecule has 23 heavy (non-hydrogen) atoms. The Morgan fingerprint density at radius 2 is 1.61 bits per heavy atom. The van der Waals surface area contributed by atoms with Gasteiger partial charge in [-0.1, -0.05) is 29.3 Å². The molecule has 1 aromatic carbocycles. The second-order valence-electron chi connectivity index (χ2n) is 7.53. The molecule has 4 saturated carbocycles. The van der Waals surface area contributed by atoms with Crippen LogP contribution in [0.1, 0.15) is 38.5 Å². The molecular formula is C18H21Cl2NOS. The summed E-state index contributed by atoms with van der Waals surface area (Å²) >= 11 is 14.1. The van der Waals surface area contributed by atoms with Crippen LogP contribution in [-0.2, 0) is 4.79 Å². The minimum Gasteiger partial charge on any atom is -0.323 e. The fourth-order valence-corrected chi connectivity index (χ4v) is 7.28. The number of benzene rings is 1. The zero-order chi connectivity index (χ0) is 16.0. The van der Waals surface area contributed by atoms with Crippen LogP contribution in [0.2, 0.25) is 10.0 Å². The van der Waals surface area contributed by atoms with Crippen molar-refractivity contribution in [2.45, 2.75) is 43.3 Å². The largest absolute Gasteiger partial charge is 0.323 e. The van der Waals surface area contributed by atoms with Gasteiger partial charge in [-0.2, -0.15) is 0 Å². The Bertz CT molecular complexity index is 578. The molecule has 1 aromatic rings. The third-order valence-corrected chi connectivity index (χ3v) is 7.87. The predicted molar refractivity (Wildman–Crippen MR) is 98.5 cm³/mol. The van der Waals surface area contributed by atoms with Crippen LogP contribution >= 0.6 is 35.0 Å². The van der Waals surface area contributed by atoms with Crippen LogP contribution in [-0.4, -0.2) is 16.4 Å². The summed E-state index contributed by atoms with van der Waals surface area (Å²) in [6.45, 7) is 0. The maximum atomic E-state index is 12.4. The van der Waals surface area contributed by atoms with Crippen molar-refractivity contribution < 1.29 is 4.79 Å². The second kappa shape index (κ2) is 6.16. The van der Waals surface area contributed by atoms with Gasteiger partial charge in [-0.25, -0.2) is 0 Å². The molecule has 4 bridgehead atoms. The molecule has 1 N–H and O–H groups in total. The molecule has 0 aliphatic heterocycles. The Morgan fingerprint density at radius 3 is 2.13 bits per heavy atom. The topological polar surface area (TPSA) is 29.1 Å². The Labute approximate surface area is 151 Å². The molecule has 4 fully saturated rings. The number of hydrogen-bond acceptors (Lipinski definition) is 2. The molecule has 124 valence electrons. The van der Waals surface area contributed by atoms with E-state index in [1.54, 1.807) is 18.2 Å². The van der Waals surface area contributed by atoms with Crippen LogP contribution in [0.15, 0.2) is 18.2 Å². The SMILES string of the molecule is O=C(CSC12CC3CC(CC(C3)C1)C2)Nc1c(Cl)cccc1Cl. The average molecular weight is 370 g/mol. The maximum absolute atomic E-state index is 12.4. The number of carbonyl (C=O) groups is 1. The summed E-state index contributed by atoms with van der Waals surface area (Å²) in [5.41, 5.74) is 0.534. The monoisotopic (exact) mass is 369 g/mol. The number of para-hydroxylation sites is 1. The lowest BCUT2D eigenvalue weighted by Crippen LogP contribution is -2.49. The predicted octanol–water partition coefficient (Wildman–Crippen LogP) is 5.63. The molecule has 0 unspecified atom stereocenters. The Morgan fingerprint density at radius 1 is 1.09 bits per heavy atom. The second-order valence-corrected chi connectivity index (χ2v) is 9.79. The fraction of sp³-hybridized carbons (Fsp3) is 0.611. The number of anilines is 1. The quantitative estimate of drug-likeness (QED) is 0.744. The van der Waals surface area contributed by atoms with Gasteiger partial charge >= 0.3 is 0 Å². The first kappa shape index (κ1) is 16.1. The molecule has 5 rings (SSSR count). The third-order valence-electron chi connectivity index (χ3n) is 5.72. The first-order valence-electron chi connectivity index (χ1n) is 8.41. The Hall–Kier alpha value is -0.380. The van der Waals surface area contributed by atoms with Gasteiger partial charge in [0.05, 0.1) is 21.5 Å². The van der Waals surface area contributed by atoms with Gasteiger partial charge in [-0.15, -0.1) is 11.8 Å². The number of nitrogens with one attached hydrogen (secondary N) is 1. The van der Waals surface area contributed by atoms with Gasteiger partial charge in [0.15, 0.2) is 0 Å². The highest BCUT2D eigenvalue weighted by Crippen LogP contribution is 2.60. The standard InChI is InChI=1S/C18H21Cl2NOS/c19-14-2-1-3-15(20)17(14)21-16(22)10-23-18-7-11-4-12(8-18)6-13(5-11)9-18/h1-3,11-13H,4-10H2,(H,21,22). The molecule has 0 heterocycles. The van der Waals surface area contributed by atoms with Crippen LogP contribution in [0.4, 0.5) is 5.69 Å². The lowest BCUT2D eigenvalue weighted by molar-refractivity contribution is -0.113. The molecule has 5 heteroatoms. The molecule has 4 aliphatic rings. The van der Waals surface area contributed by atoms with Gasteiger partial charge in [0.2, 0.25) is 5.91 Å². The van der Waals surface area contributed by atoms with Crippen LogP contribution < -0.4 is 5.32 Å². The number of amides is 1. The van der Waals surface area contributed by atoms with Crippen molar-refractivity contribution in [3.05, 3.63) is 28.2 Å². The summed E-state index contributed by atoms with van der Waals surface area (Å²) in [5, 5.41) is 3.87. The summed E-state index contributed by atoms with van der Waals surface area (Å²) in [7, 11) is 0. The first-order chi connectivity index (χ1) is 11.0.